The Morgan fingerprint density at radius 2 is 1.87 bits per heavy atom. The van der Waals surface area contributed by atoms with Crippen molar-refractivity contribution < 1.29 is 9.90 Å². The second-order valence-corrected chi connectivity index (χ2v) is 4.16. The van der Waals surface area contributed by atoms with E-state index in [1.54, 1.807) is 0 Å². The average Bonchev–Trinajstić information content (AvgIpc) is 2.21. The number of nitrogens with one attached hydrogen (secondary N) is 1. The molecule has 4 heteroatoms. The number of aliphatic carboxylic acids is 1. The van der Waals surface area contributed by atoms with Crippen LogP contribution in [0.4, 0.5) is 0 Å². The molecule has 0 saturated heterocycles. The van der Waals surface area contributed by atoms with Gasteiger partial charge in [-0.25, -0.2) is 0 Å². The Morgan fingerprint density at radius 1 is 1.27 bits per heavy atom. The van der Waals surface area contributed by atoms with Gasteiger partial charge in [-0.2, -0.15) is 12.6 Å². The number of unbranched alkanes of at least 4 members (excludes halogenated alkanes) is 5. The van der Waals surface area contributed by atoms with E-state index in [0.717, 1.165) is 13.0 Å². The van der Waals surface area contributed by atoms with E-state index in [9.17, 15) is 4.79 Å². The first kappa shape index (κ1) is 14.8. The maximum absolute atomic E-state index is 10.6. The number of hydrogen-bond donors (Lipinski definition) is 3. The highest BCUT2D eigenvalue weighted by Crippen LogP contribution is 2.04. The van der Waals surface area contributed by atoms with Crippen LogP contribution in [0.1, 0.15) is 45.4 Å². The molecule has 0 saturated carbocycles. The molecule has 0 aromatic heterocycles. The molecule has 0 spiro atoms. The van der Waals surface area contributed by atoms with Crippen molar-refractivity contribution >= 4 is 18.6 Å². The Hall–Kier alpha value is -0.220. The second kappa shape index (κ2) is 10.3. The molecule has 0 amide bonds. The highest BCUT2D eigenvalue weighted by atomic mass is 32.1. The lowest BCUT2D eigenvalue weighted by Crippen LogP contribution is -2.38. The third kappa shape index (κ3) is 8.75. The molecule has 15 heavy (non-hydrogen) atoms. The third-order valence-electron chi connectivity index (χ3n) is 2.40. The Kier molecular flexibility index (Phi) is 10.2. The minimum atomic E-state index is -0.809. The van der Waals surface area contributed by atoms with Gasteiger partial charge < -0.3 is 10.4 Å². The van der Waals surface area contributed by atoms with Crippen LogP contribution in [0.15, 0.2) is 0 Å². The van der Waals surface area contributed by atoms with E-state index in [2.05, 4.69) is 24.9 Å². The van der Waals surface area contributed by atoms with Gasteiger partial charge in [-0.3, -0.25) is 4.79 Å². The van der Waals surface area contributed by atoms with Gasteiger partial charge in [-0.15, -0.1) is 0 Å². The van der Waals surface area contributed by atoms with E-state index in [1.807, 2.05) is 0 Å². The summed E-state index contributed by atoms with van der Waals surface area (Å²) >= 11 is 3.98. The summed E-state index contributed by atoms with van der Waals surface area (Å²) in [5, 5.41) is 11.7. The molecule has 0 aliphatic heterocycles. The van der Waals surface area contributed by atoms with E-state index >= 15 is 0 Å². The summed E-state index contributed by atoms with van der Waals surface area (Å²) in [6.45, 7) is 2.98. The lowest BCUT2D eigenvalue weighted by atomic mass is 10.1. The van der Waals surface area contributed by atoms with Crippen LogP contribution in [0.3, 0.4) is 0 Å². The molecule has 0 rings (SSSR count). The van der Waals surface area contributed by atoms with Gasteiger partial charge in [-0.1, -0.05) is 39.0 Å². The van der Waals surface area contributed by atoms with Crippen LogP contribution in [0.5, 0.6) is 0 Å². The summed E-state index contributed by atoms with van der Waals surface area (Å²) in [5.41, 5.74) is 0. The van der Waals surface area contributed by atoms with E-state index in [1.165, 1.54) is 32.1 Å². The second-order valence-electron chi connectivity index (χ2n) is 3.80. The van der Waals surface area contributed by atoms with Crippen molar-refractivity contribution in [1.29, 1.82) is 0 Å². The fourth-order valence-corrected chi connectivity index (χ4v) is 1.70. The summed E-state index contributed by atoms with van der Waals surface area (Å²) in [6.07, 6.45) is 7.37. The van der Waals surface area contributed by atoms with E-state index in [4.69, 9.17) is 5.11 Å². The van der Waals surface area contributed by atoms with Gasteiger partial charge >= 0.3 is 5.97 Å². The number of hydrogen-bond acceptors (Lipinski definition) is 3. The Bertz CT molecular complexity index is 165. The van der Waals surface area contributed by atoms with Crippen LogP contribution in [0, 0.1) is 0 Å². The van der Waals surface area contributed by atoms with Crippen molar-refractivity contribution in [2.24, 2.45) is 0 Å². The zero-order valence-corrected chi connectivity index (χ0v) is 10.4. The fraction of sp³-hybridized carbons (Fsp3) is 0.909. The lowest BCUT2D eigenvalue weighted by Gasteiger charge is -2.11. The number of carbonyl (C=O) groups is 1. The molecule has 0 aromatic carbocycles. The zero-order valence-electron chi connectivity index (χ0n) is 9.54. The minimum Gasteiger partial charge on any atom is -0.480 e. The van der Waals surface area contributed by atoms with Crippen LogP contribution in [0.25, 0.3) is 0 Å². The smallest absolute Gasteiger partial charge is 0.321 e. The molecule has 0 bridgehead atoms. The molecular formula is C11H23NO2S. The van der Waals surface area contributed by atoms with Gasteiger partial charge in [0, 0.05) is 5.75 Å². The molecule has 0 aliphatic carbocycles. The summed E-state index contributed by atoms with van der Waals surface area (Å²) in [6, 6.07) is -0.496. The Balaban J connectivity index is 3.25. The first-order chi connectivity index (χ1) is 7.22. The molecule has 3 nitrogen and oxygen atoms in total. The highest BCUT2D eigenvalue weighted by Gasteiger charge is 2.13. The molecule has 1 unspecified atom stereocenters. The predicted molar refractivity (Wildman–Crippen MR) is 66.7 cm³/mol. The van der Waals surface area contributed by atoms with Crippen molar-refractivity contribution in [3.63, 3.8) is 0 Å². The molecule has 0 heterocycles. The first-order valence-corrected chi connectivity index (χ1v) is 6.42. The quantitative estimate of drug-likeness (QED) is 0.401. The van der Waals surface area contributed by atoms with Gasteiger partial charge in [0.25, 0.3) is 0 Å². The normalized spacial score (nSPS) is 12.7. The van der Waals surface area contributed by atoms with Crippen LogP contribution in [-0.4, -0.2) is 29.4 Å². The highest BCUT2D eigenvalue weighted by molar-refractivity contribution is 7.80. The van der Waals surface area contributed by atoms with Gasteiger partial charge in [0.05, 0.1) is 0 Å². The molecule has 0 fully saturated rings. The van der Waals surface area contributed by atoms with Crippen LogP contribution < -0.4 is 5.32 Å². The Morgan fingerprint density at radius 3 is 2.40 bits per heavy atom. The monoisotopic (exact) mass is 233 g/mol. The maximum Gasteiger partial charge on any atom is 0.321 e. The molecule has 1 atom stereocenters. The first-order valence-electron chi connectivity index (χ1n) is 5.79. The molecule has 0 aromatic rings. The van der Waals surface area contributed by atoms with Gasteiger partial charge in [0.15, 0.2) is 0 Å². The lowest BCUT2D eigenvalue weighted by molar-refractivity contribution is -0.138. The number of carboxylic acids is 1. The molecule has 90 valence electrons. The zero-order chi connectivity index (χ0) is 11.5. The van der Waals surface area contributed by atoms with Crippen molar-refractivity contribution in [1.82, 2.24) is 5.32 Å². The van der Waals surface area contributed by atoms with Gasteiger partial charge in [0.1, 0.15) is 6.04 Å². The summed E-state index contributed by atoms with van der Waals surface area (Å²) in [4.78, 5) is 10.6. The van der Waals surface area contributed by atoms with Gasteiger partial charge in [0.2, 0.25) is 0 Å². The Labute approximate surface area is 98.0 Å². The van der Waals surface area contributed by atoms with E-state index < -0.39 is 12.0 Å². The van der Waals surface area contributed by atoms with Crippen LogP contribution in [0.2, 0.25) is 0 Å². The third-order valence-corrected chi connectivity index (χ3v) is 2.77. The summed E-state index contributed by atoms with van der Waals surface area (Å²) in [5.74, 6) is -0.457. The van der Waals surface area contributed by atoms with E-state index in [-0.39, 0.29) is 0 Å². The van der Waals surface area contributed by atoms with Crippen LogP contribution >= 0.6 is 12.6 Å². The molecule has 2 N–H and O–H groups in total. The average molecular weight is 233 g/mol. The van der Waals surface area contributed by atoms with Crippen LogP contribution in [-0.2, 0) is 4.79 Å². The topological polar surface area (TPSA) is 49.3 Å². The number of rotatable bonds is 10. The predicted octanol–water partition coefficient (Wildman–Crippen LogP) is 2.32. The van der Waals surface area contributed by atoms with Gasteiger partial charge in [-0.05, 0) is 13.0 Å². The van der Waals surface area contributed by atoms with Crippen molar-refractivity contribution in [3.05, 3.63) is 0 Å². The summed E-state index contributed by atoms with van der Waals surface area (Å²) < 4.78 is 0. The maximum atomic E-state index is 10.6. The molecule has 0 aliphatic rings. The van der Waals surface area contributed by atoms with Crippen molar-refractivity contribution in [2.75, 3.05) is 12.3 Å². The SMILES string of the molecule is CCCCCCCCNC(CS)C(=O)O. The van der Waals surface area contributed by atoms with E-state index in [0.29, 0.717) is 5.75 Å². The number of carboxylic acid groups (broad SMARTS) is 1. The van der Waals surface area contributed by atoms with Crippen molar-refractivity contribution in [2.45, 2.75) is 51.5 Å². The van der Waals surface area contributed by atoms with Crippen molar-refractivity contribution in [3.8, 4) is 0 Å². The molecular weight excluding hydrogens is 210 g/mol. The standard InChI is InChI=1S/C11H23NO2S/c1-2-3-4-5-6-7-8-12-10(9-15)11(13)14/h10,12,15H,2-9H2,1H3,(H,13,14). The molecule has 0 radical (unpaired) electrons. The minimum absolute atomic E-state index is 0.352. The number of thiol groups is 1. The summed E-state index contributed by atoms with van der Waals surface area (Å²) in [7, 11) is 0. The fourth-order valence-electron chi connectivity index (χ4n) is 1.41. The largest absolute Gasteiger partial charge is 0.480 e.